The fraction of sp³-hybridized carbons (Fsp3) is 0.538. The minimum Gasteiger partial charge on any atom is -0.487 e. The van der Waals surface area contributed by atoms with Crippen LogP contribution in [0.4, 0.5) is 8.78 Å². The maximum absolute atomic E-state index is 13.5. The number of rotatable bonds is 6. The second-order valence-electron chi connectivity index (χ2n) is 4.23. The van der Waals surface area contributed by atoms with Gasteiger partial charge in [-0.3, -0.25) is 0 Å². The summed E-state index contributed by atoms with van der Waals surface area (Å²) in [5.41, 5.74) is 0.564. The van der Waals surface area contributed by atoms with Crippen molar-refractivity contribution in [1.29, 1.82) is 0 Å². The summed E-state index contributed by atoms with van der Waals surface area (Å²) < 4.78 is 32.3. The van der Waals surface area contributed by atoms with E-state index in [4.69, 9.17) is 4.74 Å². The van der Waals surface area contributed by atoms with Crippen molar-refractivity contribution in [2.45, 2.75) is 32.0 Å². The molecule has 1 rings (SSSR count). The van der Waals surface area contributed by atoms with Gasteiger partial charge < -0.3 is 4.74 Å². The van der Waals surface area contributed by atoms with Crippen LogP contribution in [-0.4, -0.2) is 6.61 Å². The maximum atomic E-state index is 13.5. The highest BCUT2D eigenvalue weighted by molar-refractivity contribution is 9.08. The van der Waals surface area contributed by atoms with Crippen LogP contribution in [0.3, 0.4) is 0 Å². The van der Waals surface area contributed by atoms with Crippen LogP contribution >= 0.6 is 15.9 Å². The highest BCUT2D eigenvalue weighted by Gasteiger charge is 2.13. The van der Waals surface area contributed by atoms with Gasteiger partial charge in [0.2, 0.25) is 0 Å². The molecule has 0 heterocycles. The molecule has 0 amide bonds. The third-order valence-electron chi connectivity index (χ3n) is 2.51. The molecule has 96 valence electrons. The molecule has 0 fully saturated rings. The van der Waals surface area contributed by atoms with E-state index >= 15 is 0 Å². The van der Waals surface area contributed by atoms with Gasteiger partial charge in [-0.1, -0.05) is 36.2 Å². The van der Waals surface area contributed by atoms with Crippen molar-refractivity contribution in [2.75, 3.05) is 6.61 Å². The Hall–Kier alpha value is -0.640. The molecule has 1 unspecified atom stereocenters. The lowest BCUT2D eigenvalue weighted by Gasteiger charge is -2.13. The zero-order valence-electron chi connectivity index (χ0n) is 10.1. The van der Waals surface area contributed by atoms with E-state index in [0.29, 0.717) is 23.4 Å². The van der Waals surface area contributed by atoms with Crippen molar-refractivity contribution >= 4 is 15.9 Å². The first kappa shape index (κ1) is 14.4. The normalized spacial score (nSPS) is 12.5. The third-order valence-corrected chi connectivity index (χ3v) is 3.15. The van der Waals surface area contributed by atoms with Crippen molar-refractivity contribution in [3.8, 4) is 5.75 Å². The monoisotopic (exact) mass is 306 g/mol. The Labute approximate surface area is 109 Å². The van der Waals surface area contributed by atoms with Gasteiger partial charge in [0.25, 0.3) is 0 Å². The van der Waals surface area contributed by atoms with Gasteiger partial charge >= 0.3 is 0 Å². The molecule has 1 nitrogen and oxygen atoms in total. The molecule has 4 heteroatoms. The molecular weight excluding hydrogens is 290 g/mol. The van der Waals surface area contributed by atoms with E-state index in [-0.39, 0.29) is 5.75 Å². The average Bonchev–Trinajstić information content (AvgIpc) is 2.28. The molecule has 0 bridgehead atoms. The lowest BCUT2D eigenvalue weighted by atomic mass is 10.1. The molecule has 1 atom stereocenters. The number of alkyl halides is 1. The molecule has 17 heavy (non-hydrogen) atoms. The smallest absolute Gasteiger partial charge is 0.190 e. The molecule has 0 radical (unpaired) electrons. The number of halogens is 3. The van der Waals surface area contributed by atoms with Gasteiger partial charge in [0, 0.05) is 5.33 Å². The first-order valence-electron chi connectivity index (χ1n) is 5.75. The molecule has 0 saturated carbocycles. The Balaban J connectivity index is 2.71. The number of hydrogen-bond acceptors (Lipinski definition) is 1. The first-order chi connectivity index (χ1) is 8.08. The zero-order chi connectivity index (χ0) is 12.8. The summed E-state index contributed by atoms with van der Waals surface area (Å²) in [4.78, 5) is 0. The van der Waals surface area contributed by atoms with Gasteiger partial charge in [-0.15, -0.1) is 0 Å². The Morgan fingerprint density at radius 3 is 2.35 bits per heavy atom. The molecule has 0 aliphatic heterocycles. The van der Waals surface area contributed by atoms with Gasteiger partial charge in [-0.25, -0.2) is 8.78 Å². The van der Waals surface area contributed by atoms with E-state index in [2.05, 4.69) is 22.9 Å². The summed E-state index contributed by atoms with van der Waals surface area (Å²) >= 11 is 3.16. The van der Waals surface area contributed by atoms with E-state index in [1.807, 2.05) is 6.92 Å². The van der Waals surface area contributed by atoms with Crippen LogP contribution in [0.2, 0.25) is 0 Å². The van der Waals surface area contributed by atoms with Gasteiger partial charge in [-0.05, 0) is 30.0 Å². The first-order valence-corrected chi connectivity index (χ1v) is 6.87. The van der Waals surface area contributed by atoms with Crippen LogP contribution in [0.25, 0.3) is 0 Å². The summed E-state index contributed by atoms with van der Waals surface area (Å²) in [6.07, 6.45) is 2.03. The summed E-state index contributed by atoms with van der Waals surface area (Å²) in [6.45, 7) is 4.42. The molecule has 1 aromatic carbocycles. The van der Waals surface area contributed by atoms with Crippen molar-refractivity contribution in [1.82, 2.24) is 0 Å². The fourth-order valence-corrected chi connectivity index (χ4v) is 1.95. The minimum atomic E-state index is -0.636. The average molecular weight is 307 g/mol. The molecule has 1 aromatic rings. The van der Waals surface area contributed by atoms with Crippen molar-refractivity contribution in [3.63, 3.8) is 0 Å². The summed E-state index contributed by atoms with van der Waals surface area (Å²) in [5.74, 6) is -1.24. The van der Waals surface area contributed by atoms with Crippen molar-refractivity contribution in [3.05, 3.63) is 29.3 Å². The third kappa shape index (κ3) is 4.26. The van der Waals surface area contributed by atoms with Gasteiger partial charge in [0.15, 0.2) is 17.4 Å². The predicted octanol–water partition coefficient (Wildman–Crippen LogP) is 4.67. The quantitative estimate of drug-likeness (QED) is 0.694. The number of benzene rings is 1. The van der Waals surface area contributed by atoms with Gasteiger partial charge in [0.1, 0.15) is 0 Å². The topological polar surface area (TPSA) is 9.23 Å². The molecule has 0 saturated heterocycles. The Kier molecular flexibility index (Phi) is 5.89. The molecular formula is C13H17BrF2O. The Morgan fingerprint density at radius 1 is 1.29 bits per heavy atom. The predicted molar refractivity (Wildman–Crippen MR) is 68.6 cm³/mol. The summed E-state index contributed by atoms with van der Waals surface area (Å²) in [5, 5.41) is 0.424. The number of ether oxygens (including phenoxy) is 1. The lowest BCUT2D eigenvalue weighted by Crippen LogP contribution is -2.10. The maximum Gasteiger partial charge on any atom is 0.190 e. The van der Waals surface area contributed by atoms with Crippen LogP contribution in [0.5, 0.6) is 5.75 Å². The van der Waals surface area contributed by atoms with Crippen LogP contribution in [0, 0.1) is 17.6 Å². The van der Waals surface area contributed by atoms with Gasteiger partial charge in [-0.2, -0.15) is 0 Å². The van der Waals surface area contributed by atoms with E-state index in [1.165, 1.54) is 12.1 Å². The zero-order valence-corrected chi connectivity index (χ0v) is 11.7. The van der Waals surface area contributed by atoms with Crippen LogP contribution < -0.4 is 4.74 Å². The van der Waals surface area contributed by atoms with E-state index in [0.717, 1.165) is 12.8 Å². The number of hydrogen-bond donors (Lipinski definition) is 0. The van der Waals surface area contributed by atoms with Crippen molar-refractivity contribution < 1.29 is 13.5 Å². The highest BCUT2D eigenvalue weighted by Crippen LogP contribution is 2.25. The minimum absolute atomic E-state index is 0.266. The lowest BCUT2D eigenvalue weighted by molar-refractivity contribution is 0.231. The van der Waals surface area contributed by atoms with Crippen LogP contribution in [-0.2, 0) is 5.33 Å². The Morgan fingerprint density at radius 2 is 1.88 bits per heavy atom. The highest BCUT2D eigenvalue weighted by atomic mass is 79.9. The second kappa shape index (κ2) is 6.94. The molecule has 0 aliphatic rings. The van der Waals surface area contributed by atoms with Crippen LogP contribution in [0.15, 0.2) is 12.1 Å². The van der Waals surface area contributed by atoms with E-state index in [1.54, 1.807) is 0 Å². The Bertz CT molecular complexity index is 345. The fourth-order valence-electron chi connectivity index (χ4n) is 1.63. The molecule has 0 aromatic heterocycles. The molecule has 0 N–H and O–H groups in total. The second-order valence-corrected chi connectivity index (χ2v) is 4.79. The molecule has 0 aliphatic carbocycles. The SMILES string of the molecule is CCCC(C)COc1c(F)cc(CBr)cc1F. The van der Waals surface area contributed by atoms with Crippen molar-refractivity contribution in [2.24, 2.45) is 5.92 Å². The standard InChI is InChI=1S/C13H17BrF2O/c1-3-4-9(2)8-17-13-11(15)5-10(7-14)6-12(13)16/h5-6,9H,3-4,7-8H2,1-2H3. The van der Waals surface area contributed by atoms with Gasteiger partial charge in [0.05, 0.1) is 6.61 Å². The van der Waals surface area contributed by atoms with Crippen LogP contribution in [0.1, 0.15) is 32.3 Å². The molecule has 0 spiro atoms. The van der Waals surface area contributed by atoms with E-state index in [9.17, 15) is 8.78 Å². The van der Waals surface area contributed by atoms with E-state index < -0.39 is 11.6 Å². The largest absolute Gasteiger partial charge is 0.487 e. The summed E-state index contributed by atoms with van der Waals surface area (Å²) in [7, 11) is 0. The summed E-state index contributed by atoms with van der Waals surface area (Å²) in [6, 6.07) is 2.58.